The van der Waals surface area contributed by atoms with Crippen molar-refractivity contribution in [2.24, 2.45) is 17.6 Å². The van der Waals surface area contributed by atoms with Crippen molar-refractivity contribution in [3.05, 3.63) is 0 Å². The molecule has 0 aliphatic heterocycles. The Balaban J connectivity index is 2.12. The van der Waals surface area contributed by atoms with Crippen LogP contribution in [0.25, 0.3) is 0 Å². The van der Waals surface area contributed by atoms with Crippen LogP contribution >= 0.6 is 0 Å². The summed E-state index contributed by atoms with van der Waals surface area (Å²) in [5.41, 5.74) is 5.99. The first-order valence-electron chi connectivity index (χ1n) is 7.76. The Kier molecular flexibility index (Phi) is 8.11. The Morgan fingerprint density at radius 1 is 1.40 bits per heavy atom. The Bertz CT molecular complexity index is 284. The SMILES string of the molecule is CC(C(=O)NCCOCCN(C)C)C1CCCC(N)C1. The van der Waals surface area contributed by atoms with Crippen molar-refractivity contribution in [3.8, 4) is 0 Å². The predicted octanol–water partition coefficient (Wildman–Crippen LogP) is 0.834. The minimum Gasteiger partial charge on any atom is -0.378 e. The van der Waals surface area contributed by atoms with Crippen LogP contribution in [0.3, 0.4) is 0 Å². The summed E-state index contributed by atoms with van der Waals surface area (Å²) in [6.45, 7) is 4.80. The van der Waals surface area contributed by atoms with Gasteiger partial charge in [0.25, 0.3) is 0 Å². The van der Waals surface area contributed by atoms with Gasteiger partial charge in [0, 0.05) is 25.0 Å². The molecular formula is C15H31N3O2. The van der Waals surface area contributed by atoms with Gasteiger partial charge in [-0.15, -0.1) is 0 Å². The van der Waals surface area contributed by atoms with Crippen molar-refractivity contribution >= 4 is 5.91 Å². The van der Waals surface area contributed by atoms with Crippen LogP contribution in [0.15, 0.2) is 0 Å². The van der Waals surface area contributed by atoms with Gasteiger partial charge in [-0.3, -0.25) is 4.79 Å². The lowest BCUT2D eigenvalue weighted by Crippen LogP contribution is -2.39. The molecular weight excluding hydrogens is 254 g/mol. The molecule has 118 valence electrons. The van der Waals surface area contributed by atoms with Crippen LogP contribution < -0.4 is 11.1 Å². The van der Waals surface area contributed by atoms with Crippen molar-refractivity contribution in [2.45, 2.75) is 38.6 Å². The molecule has 0 aromatic heterocycles. The molecule has 0 aromatic carbocycles. The van der Waals surface area contributed by atoms with E-state index in [1.165, 1.54) is 0 Å². The minimum atomic E-state index is 0.0584. The van der Waals surface area contributed by atoms with Gasteiger partial charge in [0.2, 0.25) is 5.91 Å². The molecule has 1 saturated carbocycles. The van der Waals surface area contributed by atoms with E-state index in [1.807, 2.05) is 21.0 Å². The van der Waals surface area contributed by atoms with Gasteiger partial charge in [-0.05, 0) is 39.3 Å². The Hall–Kier alpha value is -0.650. The number of ether oxygens (including phenoxy) is 1. The van der Waals surface area contributed by atoms with E-state index in [1.54, 1.807) is 0 Å². The second-order valence-corrected chi connectivity index (χ2v) is 6.18. The zero-order valence-electron chi connectivity index (χ0n) is 13.2. The zero-order chi connectivity index (χ0) is 15.0. The van der Waals surface area contributed by atoms with Crippen molar-refractivity contribution < 1.29 is 9.53 Å². The van der Waals surface area contributed by atoms with Gasteiger partial charge in [-0.2, -0.15) is 0 Å². The fourth-order valence-corrected chi connectivity index (χ4v) is 2.69. The first kappa shape index (κ1) is 17.4. The van der Waals surface area contributed by atoms with Crippen LogP contribution in [0, 0.1) is 11.8 Å². The third-order valence-corrected chi connectivity index (χ3v) is 4.10. The topological polar surface area (TPSA) is 67.6 Å². The van der Waals surface area contributed by atoms with Crippen LogP contribution in [0.1, 0.15) is 32.6 Å². The van der Waals surface area contributed by atoms with E-state index in [0.29, 0.717) is 25.7 Å². The number of nitrogens with one attached hydrogen (secondary N) is 1. The molecule has 3 unspecified atom stereocenters. The van der Waals surface area contributed by atoms with Crippen LogP contribution in [-0.2, 0) is 9.53 Å². The molecule has 0 radical (unpaired) electrons. The first-order valence-corrected chi connectivity index (χ1v) is 7.76. The number of carbonyl (C=O) groups excluding carboxylic acids is 1. The second kappa shape index (κ2) is 9.32. The first-order chi connectivity index (χ1) is 9.50. The van der Waals surface area contributed by atoms with Crippen molar-refractivity contribution in [1.82, 2.24) is 10.2 Å². The van der Waals surface area contributed by atoms with Gasteiger partial charge in [-0.1, -0.05) is 13.3 Å². The Labute approximate surface area is 123 Å². The highest BCUT2D eigenvalue weighted by atomic mass is 16.5. The maximum atomic E-state index is 12.1. The normalized spacial score (nSPS) is 24.6. The molecule has 5 nitrogen and oxygen atoms in total. The lowest BCUT2D eigenvalue weighted by atomic mass is 9.78. The van der Waals surface area contributed by atoms with E-state index in [2.05, 4.69) is 10.2 Å². The molecule has 1 aliphatic rings. The molecule has 3 atom stereocenters. The lowest BCUT2D eigenvalue weighted by molar-refractivity contribution is -0.126. The standard InChI is InChI=1S/C15H31N3O2/c1-12(13-5-4-6-14(16)11-13)15(19)17-7-9-20-10-8-18(2)3/h12-14H,4-11,16H2,1-3H3,(H,17,19). The quantitative estimate of drug-likeness (QED) is 0.648. The van der Waals surface area contributed by atoms with Crippen molar-refractivity contribution in [1.29, 1.82) is 0 Å². The van der Waals surface area contributed by atoms with Gasteiger partial charge in [-0.25, -0.2) is 0 Å². The lowest BCUT2D eigenvalue weighted by Gasteiger charge is -2.30. The van der Waals surface area contributed by atoms with Crippen LogP contribution in [0.2, 0.25) is 0 Å². The molecule has 0 heterocycles. The van der Waals surface area contributed by atoms with Crippen LogP contribution in [0.5, 0.6) is 0 Å². The molecule has 3 N–H and O–H groups in total. The summed E-state index contributed by atoms with van der Waals surface area (Å²) in [4.78, 5) is 14.2. The third-order valence-electron chi connectivity index (χ3n) is 4.10. The van der Waals surface area contributed by atoms with Gasteiger partial charge >= 0.3 is 0 Å². The van der Waals surface area contributed by atoms with Gasteiger partial charge in [0.15, 0.2) is 0 Å². The molecule has 1 amide bonds. The number of hydrogen-bond donors (Lipinski definition) is 2. The Morgan fingerprint density at radius 2 is 2.15 bits per heavy atom. The van der Waals surface area contributed by atoms with Crippen molar-refractivity contribution in [2.75, 3.05) is 40.4 Å². The highest BCUT2D eigenvalue weighted by molar-refractivity contribution is 5.78. The summed E-state index contributed by atoms with van der Waals surface area (Å²) >= 11 is 0. The number of nitrogens with zero attached hydrogens (tertiary/aromatic N) is 1. The van der Waals surface area contributed by atoms with E-state index in [9.17, 15) is 4.79 Å². The summed E-state index contributed by atoms with van der Waals surface area (Å²) in [7, 11) is 4.03. The highest BCUT2D eigenvalue weighted by Crippen LogP contribution is 2.29. The van der Waals surface area contributed by atoms with Gasteiger partial charge < -0.3 is 20.7 Å². The van der Waals surface area contributed by atoms with Crippen LogP contribution in [-0.4, -0.2) is 57.2 Å². The van der Waals surface area contributed by atoms with E-state index < -0.39 is 0 Å². The molecule has 1 rings (SSSR count). The highest BCUT2D eigenvalue weighted by Gasteiger charge is 2.28. The monoisotopic (exact) mass is 285 g/mol. The second-order valence-electron chi connectivity index (χ2n) is 6.18. The fraction of sp³-hybridized carbons (Fsp3) is 0.933. The third kappa shape index (κ3) is 6.68. The number of carbonyl (C=O) groups is 1. The summed E-state index contributed by atoms with van der Waals surface area (Å²) in [6, 6.07) is 0.276. The van der Waals surface area contributed by atoms with Crippen LogP contribution in [0.4, 0.5) is 0 Å². The number of nitrogens with two attached hydrogens (primary N) is 1. The smallest absolute Gasteiger partial charge is 0.223 e. The largest absolute Gasteiger partial charge is 0.378 e. The van der Waals surface area contributed by atoms with E-state index in [-0.39, 0.29) is 17.9 Å². The molecule has 0 aromatic rings. The molecule has 20 heavy (non-hydrogen) atoms. The molecule has 1 aliphatic carbocycles. The summed E-state index contributed by atoms with van der Waals surface area (Å²) < 4.78 is 5.46. The Morgan fingerprint density at radius 3 is 2.80 bits per heavy atom. The minimum absolute atomic E-state index is 0.0584. The maximum absolute atomic E-state index is 12.1. The van der Waals surface area contributed by atoms with Gasteiger partial charge in [0.1, 0.15) is 0 Å². The number of hydrogen-bond acceptors (Lipinski definition) is 4. The molecule has 0 spiro atoms. The van der Waals surface area contributed by atoms with E-state index in [4.69, 9.17) is 10.5 Å². The average molecular weight is 285 g/mol. The molecule has 1 fully saturated rings. The molecule has 5 heteroatoms. The fourth-order valence-electron chi connectivity index (χ4n) is 2.69. The summed E-state index contributed by atoms with van der Waals surface area (Å²) in [6.07, 6.45) is 4.36. The molecule has 0 saturated heterocycles. The van der Waals surface area contributed by atoms with Gasteiger partial charge in [0.05, 0.1) is 13.2 Å². The van der Waals surface area contributed by atoms with E-state index >= 15 is 0 Å². The summed E-state index contributed by atoms with van der Waals surface area (Å²) in [5, 5.41) is 2.96. The zero-order valence-corrected chi connectivity index (χ0v) is 13.2. The van der Waals surface area contributed by atoms with E-state index in [0.717, 1.165) is 32.2 Å². The predicted molar refractivity (Wildman–Crippen MR) is 81.5 cm³/mol. The number of likely N-dealkylation sites (N-methyl/N-ethyl adjacent to an activating group) is 1. The number of rotatable bonds is 8. The maximum Gasteiger partial charge on any atom is 0.223 e. The number of amides is 1. The average Bonchev–Trinajstić information content (AvgIpc) is 2.41. The molecule has 0 bridgehead atoms. The summed E-state index contributed by atoms with van der Waals surface area (Å²) in [5.74, 6) is 0.636. The van der Waals surface area contributed by atoms with Crippen molar-refractivity contribution in [3.63, 3.8) is 0 Å².